The summed E-state index contributed by atoms with van der Waals surface area (Å²) >= 11 is 12.0. The number of rotatable bonds is 3. The molecule has 6 nitrogen and oxygen atoms in total. The van der Waals surface area contributed by atoms with Gasteiger partial charge in [0.05, 0.1) is 18.1 Å². The topological polar surface area (TPSA) is 67.2 Å². The molecule has 0 fully saturated rings. The van der Waals surface area contributed by atoms with Crippen molar-refractivity contribution in [2.75, 3.05) is 12.4 Å². The highest BCUT2D eigenvalue weighted by atomic mass is 35.5. The van der Waals surface area contributed by atoms with Gasteiger partial charge in [0.25, 0.3) is 5.78 Å². The van der Waals surface area contributed by atoms with Gasteiger partial charge in [0.15, 0.2) is 0 Å². The van der Waals surface area contributed by atoms with Gasteiger partial charge in [-0.1, -0.05) is 23.2 Å². The number of aromatic nitrogens is 4. The van der Waals surface area contributed by atoms with Crippen LogP contribution in [0, 0.1) is 0 Å². The molecule has 2 N–H and O–H groups in total. The predicted molar refractivity (Wildman–Crippen MR) is 91.1 cm³/mol. The molecule has 0 atom stereocenters. The number of H-pyrrole nitrogens is 1. The normalized spacial score (nSPS) is 11.3. The fraction of sp³-hybridized carbons (Fsp3) is 0.0667. The van der Waals surface area contributed by atoms with Crippen molar-refractivity contribution in [3.8, 4) is 5.75 Å². The Labute approximate surface area is 141 Å². The SMILES string of the molecule is COc1ccc2c(c1)nc1nc(Nc3cc(Cl)cc(Cl)c3)[nH]n12. The van der Waals surface area contributed by atoms with Crippen molar-refractivity contribution in [3.63, 3.8) is 0 Å². The minimum Gasteiger partial charge on any atom is -0.497 e. The van der Waals surface area contributed by atoms with Gasteiger partial charge in [-0.15, -0.1) is 0 Å². The lowest BCUT2D eigenvalue weighted by molar-refractivity contribution is 0.415. The van der Waals surface area contributed by atoms with Crippen LogP contribution in [-0.2, 0) is 0 Å². The van der Waals surface area contributed by atoms with Crippen LogP contribution in [0.1, 0.15) is 0 Å². The van der Waals surface area contributed by atoms with Crippen LogP contribution in [0.3, 0.4) is 0 Å². The van der Waals surface area contributed by atoms with Crippen LogP contribution in [0.25, 0.3) is 16.8 Å². The lowest BCUT2D eigenvalue weighted by Crippen LogP contribution is -1.93. The van der Waals surface area contributed by atoms with Crippen LogP contribution in [0.2, 0.25) is 10.0 Å². The first-order chi connectivity index (χ1) is 11.1. The molecule has 0 bridgehead atoms. The summed E-state index contributed by atoms with van der Waals surface area (Å²) in [5.41, 5.74) is 2.46. The molecule has 4 rings (SSSR count). The van der Waals surface area contributed by atoms with E-state index in [9.17, 15) is 0 Å². The van der Waals surface area contributed by atoms with E-state index in [1.54, 1.807) is 29.8 Å². The van der Waals surface area contributed by atoms with Crippen LogP contribution >= 0.6 is 23.2 Å². The van der Waals surface area contributed by atoms with E-state index >= 15 is 0 Å². The van der Waals surface area contributed by atoms with Gasteiger partial charge < -0.3 is 10.1 Å². The van der Waals surface area contributed by atoms with Crippen molar-refractivity contribution in [3.05, 3.63) is 46.4 Å². The monoisotopic (exact) mass is 347 g/mol. The largest absolute Gasteiger partial charge is 0.497 e. The van der Waals surface area contributed by atoms with E-state index in [0.717, 1.165) is 22.5 Å². The van der Waals surface area contributed by atoms with E-state index in [-0.39, 0.29) is 0 Å². The van der Waals surface area contributed by atoms with Gasteiger partial charge in [-0.3, -0.25) is 5.10 Å². The average molecular weight is 348 g/mol. The first-order valence-electron chi connectivity index (χ1n) is 6.78. The smallest absolute Gasteiger partial charge is 0.253 e. The Balaban J connectivity index is 1.74. The summed E-state index contributed by atoms with van der Waals surface area (Å²) in [5.74, 6) is 1.86. The van der Waals surface area contributed by atoms with Crippen LogP contribution in [0.15, 0.2) is 36.4 Å². The highest BCUT2D eigenvalue weighted by Crippen LogP contribution is 2.25. The zero-order valence-electron chi connectivity index (χ0n) is 12.0. The molecule has 2 aromatic heterocycles. The maximum absolute atomic E-state index is 6.00. The Bertz CT molecular complexity index is 1000. The van der Waals surface area contributed by atoms with Crippen molar-refractivity contribution in [1.82, 2.24) is 19.6 Å². The molecule has 0 aliphatic carbocycles. The maximum atomic E-state index is 6.00. The molecule has 116 valence electrons. The van der Waals surface area contributed by atoms with E-state index in [1.165, 1.54) is 0 Å². The number of benzene rings is 2. The third-order valence-electron chi connectivity index (χ3n) is 3.40. The van der Waals surface area contributed by atoms with Crippen molar-refractivity contribution in [1.29, 1.82) is 0 Å². The van der Waals surface area contributed by atoms with Crippen LogP contribution in [0.5, 0.6) is 5.75 Å². The van der Waals surface area contributed by atoms with Gasteiger partial charge in [0.1, 0.15) is 5.75 Å². The number of hydrogen-bond acceptors (Lipinski definition) is 4. The molecule has 4 aromatic rings. The van der Waals surface area contributed by atoms with E-state index in [1.807, 2.05) is 18.2 Å². The summed E-state index contributed by atoms with van der Waals surface area (Å²) in [6.45, 7) is 0. The maximum Gasteiger partial charge on any atom is 0.253 e. The second-order valence-electron chi connectivity index (χ2n) is 4.96. The van der Waals surface area contributed by atoms with Gasteiger partial charge in [0.2, 0.25) is 5.95 Å². The lowest BCUT2D eigenvalue weighted by Gasteiger charge is -2.03. The summed E-state index contributed by atoms with van der Waals surface area (Å²) < 4.78 is 7.00. The number of anilines is 2. The third-order valence-corrected chi connectivity index (χ3v) is 3.84. The number of hydrogen-bond donors (Lipinski definition) is 2. The predicted octanol–water partition coefficient (Wildman–Crippen LogP) is 4.27. The summed E-state index contributed by atoms with van der Waals surface area (Å²) in [5, 5.41) is 7.38. The van der Waals surface area contributed by atoms with Crippen LogP contribution in [-0.4, -0.2) is 26.7 Å². The van der Waals surface area contributed by atoms with E-state index < -0.39 is 0 Å². The number of fused-ring (bicyclic) bond motifs is 3. The molecule has 23 heavy (non-hydrogen) atoms. The first kappa shape index (κ1) is 14.2. The fourth-order valence-electron chi connectivity index (χ4n) is 2.41. The Morgan fingerprint density at radius 2 is 1.87 bits per heavy atom. The van der Waals surface area contributed by atoms with Gasteiger partial charge in [-0.25, -0.2) is 9.50 Å². The highest BCUT2D eigenvalue weighted by Gasteiger charge is 2.11. The number of methoxy groups -OCH3 is 1. The number of halogens is 2. The molecule has 0 amide bonds. The molecule has 0 unspecified atom stereocenters. The molecular formula is C15H11Cl2N5O. The van der Waals surface area contributed by atoms with Gasteiger partial charge >= 0.3 is 0 Å². The van der Waals surface area contributed by atoms with Crippen molar-refractivity contribution >= 4 is 51.6 Å². The molecule has 2 aromatic carbocycles. The third kappa shape index (κ3) is 2.56. The minimum absolute atomic E-state index is 0.545. The molecule has 8 heteroatoms. The number of aromatic amines is 1. The molecule has 0 saturated carbocycles. The van der Waals surface area contributed by atoms with E-state index in [2.05, 4.69) is 20.4 Å². The summed E-state index contributed by atoms with van der Waals surface area (Å²) in [6, 6.07) is 10.9. The number of nitrogens with one attached hydrogen (secondary N) is 2. The molecule has 0 spiro atoms. The number of ether oxygens (including phenoxy) is 1. The fourth-order valence-corrected chi connectivity index (χ4v) is 2.94. The summed E-state index contributed by atoms with van der Waals surface area (Å²) in [7, 11) is 1.62. The minimum atomic E-state index is 0.545. The Kier molecular flexibility index (Phi) is 3.28. The highest BCUT2D eigenvalue weighted by molar-refractivity contribution is 6.35. The Morgan fingerprint density at radius 1 is 1.09 bits per heavy atom. The van der Waals surface area contributed by atoms with Gasteiger partial charge in [-0.05, 0) is 30.3 Å². The van der Waals surface area contributed by atoms with Gasteiger partial charge in [-0.2, -0.15) is 4.98 Å². The van der Waals surface area contributed by atoms with Crippen molar-refractivity contribution in [2.45, 2.75) is 0 Å². The second-order valence-corrected chi connectivity index (χ2v) is 5.83. The molecule has 0 aliphatic heterocycles. The summed E-state index contributed by atoms with van der Waals surface area (Å²) in [4.78, 5) is 8.89. The molecule has 0 saturated heterocycles. The number of nitrogens with zero attached hydrogens (tertiary/aromatic N) is 3. The molecule has 2 heterocycles. The first-order valence-corrected chi connectivity index (χ1v) is 7.53. The Hall–Kier alpha value is -2.44. The van der Waals surface area contributed by atoms with E-state index in [4.69, 9.17) is 27.9 Å². The van der Waals surface area contributed by atoms with Crippen molar-refractivity contribution < 1.29 is 4.74 Å². The van der Waals surface area contributed by atoms with Gasteiger partial charge in [0, 0.05) is 21.8 Å². The quantitative estimate of drug-likeness (QED) is 0.580. The van der Waals surface area contributed by atoms with Crippen molar-refractivity contribution in [2.24, 2.45) is 0 Å². The molecule has 0 radical (unpaired) electrons. The zero-order valence-corrected chi connectivity index (χ0v) is 13.5. The average Bonchev–Trinajstić information content (AvgIpc) is 3.02. The standard InChI is InChI=1S/C15H11Cl2N5O/c1-23-11-2-3-13-12(7-11)19-15-20-14(21-22(13)15)18-10-5-8(16)4-9(17)6-10/h2-7H,1H3,(H2,18,19,20,21). The summed E-state index contributed by atoms with van der Waals surface area (Å²) in [6.07, 6.45) is 0. The van der Waals surface area contributed by atoms with E-state index in [0.29, 0.717) is 21.8 Å². The molecule has 0 aliphatic rings. The Morgan fingerprint density at radius 3 is 2.61 bits per heavy atom. The lowest BCUT2D eigenvalue weighted by atomic mass is 10.3. The number of imidazole rings is 1. The van der Waals surface area contributed by atoms with Crippen LogP contribution < -0.4 is 10.1 Å². The second kappa shape index (κ2) is 5.33. The zero-order chi connectivity index (χ0) is 16.0. The molecular weight excluding hydrogens is 337 g/mol. The van der Waals surface area contributed by atoms with Crippen LogP contribution in [0.4, 0.5) is 11.6 Å².